The first-order chi connectivity index (χ1) is 10.1. The molecule has 3 N–H and O–H groups in total. The zero-order chi connectivity index (χ0) is 15.2. The van der Waals surface area contributed by atoms with Gasteiger partial charge in [0.15, 0.2) is 0 Å². The van der Waals surface area contributed by atoms with Crippen molar-refractivity contribution in [2.75, 3.05) is 17.7 Å². The van der Waals surface area contributed by atoms with Crippen LogP contribution in [0.2, 0.25) is 0 Å². The molecule has 0 aliphatic carbocycles. The third kappa shape index (κ3) is 3.79. The van der Waals surface area contributed by atoms with E-state index in [1.165, 1.54) is 12.1 Å². The van der Waals surface area contributed by atoms with Gasteiger partial charge in [0, 0.05) is 23.5 Å². The minimum absolute atomic E-state index is 0.112. The van der Waals surface area contributed by atoms with Gasteiger partial charge in [-0.25, -0.2) is 4.39 Å². The molecule has 2 aromatic carbocycles. The second kappa shape index (κ2) is 6.85. The Balaban J connectivity index is 2.21. The van der Waals surface area contributed by atoms with E-state index in [1.54, 1.807) is 12.1 Å². The van der Waals surface area contributed by atoms with Crippen molar-refractivity contribution in [3.8, 4) is 0 Å². The molecule has 0 radical (unpaired) electrons. The first-order valence-electron chi connectivity index (χ1n) is 6.64. The molecule has 0 heterocycles. The Morgan fingerprint density at radius 2 is 2.05 bits per heavy atom. The molecule has 0 aliphatic heterocycles. The fraction of sp³-hybridized carbons (Fsp3) is 0.188. The number of ether oxygens (including phenoxy) is 1. The lowest BCUT2D eigenvalue weighted by Crippen LogP contribution is -2.15. The van der Waals surface area contributed by atoms with Crippen molar-refractivity contribution >= 4 is 17.3 Å². The first-order valence-corrected chi connectivity index (χ1v) is 6.64. The van der Waals surface area contributed by atoms with E-state index in [2.05, 4.69) is 5.32 Å². The Kier molecular flexibility index (Phi) is 4.90. The molecule has 0 saturated heterocycles. The molecule has 0 unspecified atom stereocenters. The van der Waals surface area contributed by atoms with Crippen LogP contribution in [0.15, 0.2) is 42.5 Å². The highest BCUT2D eigenvalue weighted by atomic mass is 19.1. The molecule has 0 aliphatic rings. The summed E-state index contributed by atoms with van der Waals surface area (Å²) < 4.78 is 18.6. The largest absolute Gasteiger partial charge is 0.398 e. The van der Waals surface area contributed by atoms with Gasteiger partial charge in [-0.2, -0.15) is 0 Å². The van der Waals surface area contributed by atoms with Crippen molar-refractivity contribution < 1.29 is 13.9 Å². The molecule has 1 amide bonds. The number of nitrogens with one attached hydrogen (secondary N) is 1. The summed E-state index contributed by atoms with van der Waals surface area (Å²) in [5.74, 6) is -0.951. The van der Waals surface area contributed by atoms with Crippen LogP contribution < -0.4 is 11.1 Å². The second-order valence-electron chi connectivity index (χ2n) is 4.48. The van der Waals surface area contributed by atoms with Crippen LogP contribution in [0.1, 0.15) is 22.8 Å². The number of hydrogen-bond donors (Lipinski definition) is 2. The molecule has 21 heavy (non-hydrogen) atoms. The van der Waals surface area contributed by atoms with Gasteiger partial charge >= 0.3 is 0 Å². The van der Waals surface area contributed by atoms with Gasteiger partial charge in [-0.3, -0.25) is 4.79 Å². The number of amides is 1. The highest BCUT2D eigenvalue weighted by Gasteiger charge is 2.12. The Labute approximate surface area is 122 Å². The molecule has 0 spiro atoms. The average molecular weight is 288 g/mol. The van der Waals surface area contributed by atoms with Crippen LogP contribution in [0.25, 0.3) is 0 Å². The number of nitrogens with two attached hydrogens (primary N) is 1. The van der Waals surface area contributed by atoms with Crippen LogP contribution >= 0.6 is 0 Å². The minimum Gasteiger partial charge on any atom is -0.398 e. The lowest BCUT2D eigenvalue weighted by Gasteiger charge is -2.12. The Morgan fingerprint density at radius 1 is 1.29 bits per heavy atom. The number of anilines is 2. The first kappa shape index (κ1) is 15.0. The van der Waals surface area contributed by atoms with Crippen molar-refractivity contribution in [3.05, 3.63) is 59.4 Å². The standard InChI is InChI=1S/C16H17FN2O2/c1-2-21-10-11-5-3-4-6-15(11)19-16(20)13-9-12(17)7-8-14(13)18/h3-9H,2,10,18H2,1H3,(H,19,20). The van der Waals surface area contributed by atoms with Crippen LogP contribution in [0.5, 0.6) is 0 Å². The lowest BCUT2D eigenvalue weighted by molar-refractivity contribution is 0.102. The molecule has 0 saturated carbocycles. The SMILES string of the molecule is CCOCc1ccccc1NC(=O)c1cc(F)ccc1N. The van der Waals surface area contributed by atoms with E-state index in [9.17, 15) is 9.18 Å². The summed E-state index contributed by atoms with van der Waals surface area (Å²) in [6, 6.07) is 11.0. The smallest absolute Gasteiger partial charge is 0.257 e. The van der Waals surface area contributed by atoms with Crippen LogP contribution in [0, 0.1) is 5.82 Å². The summed E-state index contributed by atoms with van der Waals surface area (Å²) in [4.78, 5) is 12.2. The third-order valence-corrected chi connectivity index (χ3v) is 2.99. The van der Waals surface area contributed by atoms with Crippen LogP contribution in [0.4, 0.5) is 15.8 Å². The highest BCUT2D eigenvalue weighted by molar-refractivity contribution is 6.08. The summed E-state index contributed by atoms with van der Waals surface area (Å²) in [5.41, 5.74) is 7.53. The van der Waals surface area contributed by atoms with Crippen molar-refractivity contribution in [3.63, 3.8) is 0 Å². The molecule has 0 atom stereocenters. The van der Waals surface area contributed by atoms with Crippen molar-refractivity contribution in [2.24, 2.45) is 0 Å². The maximum absolute atomic E-state index is 13.2. The fourth-order valence-electron chi connectivity index (χ4n) is 1.89. The molecule has 110 valence electrons. The monoisotopic (exact) mass is 288 g/mol. The molecular formula is C16H17FN2O2. The van der Waals surface area contributed by atoms with E-state index in [1.807, 2.05) is 19.1 Å². The minimum atomic E-state index is -0.503. The zero-order valence-corrected chi connectivity index (χ0v) is 11.7. The summed E-state index contributed by atoms with van der Waals surface area (Å²) in [6.45, 7) is 2.87. The number of halogens is 1. The van der Waals surface area contributed by atoms with Crippen molar-refractivity contribution in [2.45, 2.75) is 13.5 Å². The molecule has 5 heteroatoms. The van der Waals surface area contributed by atoms with Gasteiger partial charge in [-0.1, -0.05) is 18.2 Å². The average Bonchev–Trinajstić information content (AvgIpc) is 2.48. The summed E-state index contributed by atoms with van der Waals surface area (Å²) >= 11 is 0. The number of carbonyl (C=O) groups is 1. The van der Waals surface area contributed by atoms with Gasteiger partial charge in [0.05, 0.1) is 12.2 Å². The number of carbonyl (C=O) groups excluding carboxylic acids is 1. The van der Waals surface area contributed by atoms with Crippen molar-refractivity contribution in [1.29, 1.82) is 0 Å². The summed E-state index contributed by atoms with van der Waals surface area (Å²) in [6.07, 6.45) is 0. The normalized spacial score (nSPS) is 10.4. The van der Waals surface area contributed by atoms with Gasteiger partial charge in [0.1, 0.15) is 5.82 Å². The van der Waals surface area contributed by atoms with E-state index in [0.717, 1.165) is 11.6 Å². The van der Waals surface area contributed by atoms with E-state index >= 15 is 0 Å². The Hall–Kier alpha value is -2.40. The maximum atomic E-state index is 13.2. The molecule has 2 rings (SSSR count). The van der Waals surface area contributed by atoms with Gasteiger partial charge in [0.25, 0.3) is 5.91 Å². The second-order valence-corrected chi connectivity index (χ2v) is 4.48. The molecule has 0 bridgehead atoms. The lowest BCUT2D eigenvalue weighted by atomic mass is 10.1. The Morgan fingerprint density at radius 3 is 2.81 bits per heavy atom. The molecule has 0 fully saturated rings. The van der Waals surface area contributed by atoms with Crippen LogP contribution in [-0.4, -0.2) is 12.5 Å². The van der Waals surface area contributed by atoms with Gasteiger partial charge in [0.2, 0.25) is 0 Å². The zero-order valence-electron chi connectivity index (χ0n) is 11.7. The van der Waals surface area contributed by atoms with Crippen molar-refractivity contribution in [1.82, 2.24) is 0 Å². The number of nitrogen functional groups attached to an aromatic ring is 1. The Bertz CT molecular complexity index is 644. The van der Waals surface area contributed by atoms with E-state index in [4.69, 9.17) is 10.5 Å². The van der Waals surface area contributed by atoms with E-state index in [0.29, 0.717) is 18.9 Å². The van der Waals surface area contributed by atoms with Crippen LogP contribution in [0.3, 0.4) is 0 Å². The topological polar surface area (TPSA) is 64.3 Å². The molecule has 4 nitrogen and oxygen atoms in total. The quantitative estimate of drug-likeness (QED) is 0.830. The summed E-state index contributed by atoms with van der Waals surface area (Å²) in [5, 5.41) is 2.74. The third-order valence-electron chi connectivity index (χ3n) is 2.99. The predicted octanol–water partition coefficient (Wildman–Crippen LogP) is 3.20. The van der Waals surface area contributed by atoms with Gasteiger partial charge in [-0.15, -0.1) is 0 Å². The van der Waals surface area contributed by atoms with Gasteiger partial charge in [-0.05, 0) is 31.2 Å². The number of benzene rings is 2. The van der Waals surface area contributed by atoms with E-state index < -0.39 is 11.7 Å². The van der Waals surface area contributed by atoms with E-state index in [-0.39, 0.29) is 11.3 Å². The number of hydrogen-bond acceptors (Lipinski definition) is 3. The maximum Gasteiger partial charge on any atom is 0.257 e. The van der Waals surface area contributed by atoms with Crippen LogP contribution in [-0.2, 0) is 11.3 Å². The highest BCUT2D eigenvalue weighted by Crippen LogP contribution is 2.19. The predicted molar refractivity (Wildman–Crippen MR) is 80.5 cm³/mol. The van der Waals surface area contributed by atoms with Gasteiger partial charge < -0.3 is 15.8 Å². The number of para-hydroxylation sites is 1. The molecule has 0 aromatic heterocycles. The molecule has 2 aromatic rings. The number of rotatable bonds is 5. The molecular weight excluding hydrogens is 271 g/mol. The fourth-order valence-corrected chi connectivity index (χ4v) is 1.89. The summed E-state index contributed by atoms with van der Waals surface area (Å²) in [7, 11) is 0.